The molecule has 2 aromatic carbocycles. The fourth-order valence-electron chi connectivity index (χ4n) is 3.81. The van der Waals surface area contributed by atoms with Crippen LogP contribution in [0, 0.1) is 0 Å². The lowest BCUT2D eigenvalue weighted by Crippen LogP contribution is -2.49. The maximum Gasteiger partial charge on any atom is 0.407 e. The molecule has 0 unspecified atom stereocenters. The van der Waals surface area contributed by atoms with E-state index in [1.807, 2.05) is 44.3 Å². The first kappa shape index (κ1) is 21.9. The van der Waals surface area contributed by atoms with Crippen molar-refractivity contribution in [1.82, 2.24) is 5.32 Å². The molecule has 1 aliphatic heterocycles. The van der Waals surface area contributed by atoms with Gasteiger partial charge in [0.05, 0.1) is 6.04 Å². The average Bonchev–Trinajstić information content (AvgIpc) is 2.67. The number of fused-ring (bicyclic) bond motifs is 2. The second kappa shape index (κ2) is 9.05. The highest BCUT2D eigenvalue weighted by atomic mass is 79.9. The Morgan fingerprint density at radius 3 is 2.57 bits per heavy atom. The molecule has 1 aliphatic carbocycles. The van der Waals surface area contributed by atoms with Gasteiger partial charge in [0.1, 0.15) is 5.60 Å². The molecule has 1 amide bonds. The van der Waals surface area contributed by atoms with Gasteiger partial charge in [-0.25, -0.2) is 4.79 Å². The van der Waals surface area contributed by atoms with Gasteiger partial charge in [-0.15, -0.1) is 0 Å². The summed E-state index contributed by atoms with van der Waals surface area (Å²) in [5, 5.41) is 6.77. The number of alkyl carbamates (subject to hydrolysis) is 1. The predicted molar refractivity (Wildman–Crippen MR) is 128 cm³/mol. The fraction of sp³-hybridized carbons (Fsp3) is 0.435. The van der Waals surface area contributed by atoms with Crippen LogP contribution in [-0.2, 0) is 4.74 Å². The number of carbonyl (C=O) groups excluding carboxylic acids is 1. The largest absolute Gasteiger partial charge is 0.444 e. The van der Waals surface area contributed by atoms with Crippen molar-refractivity contribution in [1.29, 1.82) is 0 Å². The van der Waals surface area contributed by atoms with E-state index < -0.39 is 5.60 Å². The molecule has 2 aromatic rings. The number of hydrogen-bond acceptors (Lipinski definition) is 5. The molecule has 30 heavy (non-hydrogen) atoms. The summed E-state index contributed by atoms with van der Waals surface area (Å²) in [6, 6.07) is 13.2. The van der Waals surface area contributed by atoms with E-state index in [0.29, 0.717) is 0 Å². The summed E-state index contributed by atoms with van der Waals surface area (Å²) in [7, 11) is 0. The van der Waals surface area contributed by atoms with Gasteiger partial charge in [0.15, 0.2) is 0 Å². The second-order valence-corrected chi connectivity index (χ2v) is 11.7. The van der Waals surface area contributed by atoms with E-state index in [1.165, 1.54) is 26.0 Å². The van der Waals surface area contributed by atoms with Crippen LogP contribution in [0.1, 0.15) is 46.5 Å². The summed E-state index contributed by atoms with van der Waals surface area (Å²) >= 11 is 7.29. The Hall–Kier alpha value is -1.31. The lowest BCUT2D eigenvalue weighted by Gasteiger charge is -2.34. The highest BCUT2D eigenvalue weighted by molar-refractivity contribution is 9.10. The van der Waals surface area contributed by atoms with Crippen molar-refractivity contribution in [2.75, 3.05) is 5.32 Å². The van der Waals surface area contributed by atoms with Gasteiger partial charge >= 0.3 is 6.09 Å². The minimum absolute atomic E-state index is 0.0725. The van der Waals surface area contributed by atoms with Crippen LogP contribution in [0.2, 0.25) is 0 Å². The quantitative estimate of drug-likeness (QED) is 0.389. The Bertz CT molecular complexity index is 945. The van der Waals surface area contributed by atoms with Crippen molar-refractivity contribution in [2.24, 2.45) is 0 Å². The maximum atomic E-state index is 12.3. The number of ether oxygens (including phenoxy) is 1. The maximum absolute atomic E-state index is 12.3. The van der Waals surface area contributed by atoms with Gasteiger partial charge in [-0.1, -0.05) is 42.4 Å². The average molecular weight is 508 g/mol. The van der Waals surface area contributed by atoms with E-state index in [0.717, 1.165) is 29.4 Å². The fourth-order valence-corrected chi connectivity index (χ4v) is 6.84. The molecule has 0 radical (unpaired) electrons. The first-order valence-electron chi connectivity index (χ1n) is 10.3. The zero-order chi connectivity index (χ0) is 21.3. The van der Waals surface area contributed by atoms with Gasteiger partial charge in [-0.3, -0.25) is 0 Å². The highest BCUT2D eigenvalue weighted by Crippen LogP contribution is 2.51. The number of amides is 1. The van der Waals surface area contributed by atoms with Gasteiger partial charge in [0, 0.05) is 35.8 Å². The Balaban J connectivity index is 1.46. The molecule has 1 fully saturated rings. The number of rotatable bonds is 3. The molecule has 1 heterocycles. The Labute approximate surface area is 195 Å². The lowest BCUT2D eigenvalue weighted by atomic mass is 9.90. The summed E-state index contributed by atoms with van der Waals surface area (Å²) in [6.07, 6.45) is 3.96. The van der Waals surface area contributed by atoms with E-state index in [1.54, 1.807) is 0 Å². The third-order valence-corrected chi connectivity index (χ3v) is 8.65. The minimum Gasteiger partial charge on any atom is -0.444 e. The van der Waals surface area contributed by atoms with Crippen molar-refractivity contribution in [3.8, 4) is 0 Å². The molecule has 160 valence electrons. The molecule has 2 N–H and O–H groups in total. The lowest BCUT2D eigenvalue weighted by molar-refractivity contribution is 0.0488. The van der Waals surface area contributed by atoms with E-state index >= 15 is 0 Å². The number of nitrogens with one attached hydrogen (secondary N) is 2. The molecule has 2 atom stereocenters. The zero-order valence-electron chi connectivity index (χ0n) is 17.5. The minimum atomic E-state index is -0.486. The molecular formula is C23H27BrN2O2S2. The van der Waals surface area contributed by atoms with Crippen molar-refractivity contribution in [3.63, 3.8) is 0 Å². The van der Waals surface area contributed by atoms with Crippen LogP contribution in [0.15, 0.2) is 60.5 Å². The molecule has 7 heteroatoms. The predicted octanol–water partition coefficient (Wildman–Crippen LogP) is 7.31. The highest BCUT2D eigenvalue weighted by Gasteiger charge is 2.29. The number of hydrogen-bond donors (Lipinski definition) is 2. The smallest absolute Gasteiger partial charge is 0.407 e. The molecule has 4 rings (SSSR count). The first-order valence-corrected chi connectivity index (χ1v) is 12.8. The van der Waals surface area contributed by atoms with Crippen molar-refractivity contribution < 1.29 is 9.53 Å². The van der Waals surface area contributed by atoms with E-state index in [9.17, 15) is 4.79 Å². The molecule has 0 bridgehead atoms. The van der Waals surface area contributed by atoms with Gasteiger partial charge in [-0.05, 0) is 79.9 Å². The Kier molecular flexibility index (Phi) is 6.61. The first-order chi connectivity index (χ1) is 14.3. The van der Waals surface area contributed by atoms with Gasteiger partial charge in [0.25, 0.3) is 0 Å². The summed E-state index contributed by atoms with van der Waals surface area (Å²) in [5.41, 5.74) is 0.614. The number of anilines is 1. The summed E-state index contributed by atoms with van der Waals surface area (Å²) in [5.74, 6) is 0. The molecule has 0 spiro atoms. The van der Waals surface area contributed by atoms with Gasteiger partial charge in [-0.2, -0.15) is 0 Å². The normalized spacial score (nSPS) is 20.7. The van der Waals surface area contributed by atoms with Crippen molar-refractivity contribution in [2.45, 2.75) is 83.7 Å². The Morgan fingerprint density at radius 1 is 1.03 bits per heavy atom. The van der Waals surface area contributed by atoms with Crippen LogP contribution in [0.3, 0.4) is 0 Å². The zero-order valence-corrected chi connectivity index (χ0v) is 20.7. The number of halogens is 1. The van der Waals surface area contributed by atoms with E-state index in [4.69, 9.17) is 4.74 Å². The van der Waals surface area contributed by atoms with Crippen LogP contribution in [0.5, 0.6) is 0 Å². The van der Waals surface area contributed by atoms with Crippen LogP contribution in [0.25, 0.3) is 0 Å². The summed E-state index contributed by atoms with van der Waals surface area (Å²) in [6.45, 7) is 5.67. The van der Waals surface area contributed by atoms with Gasteiger partial charge in [0.2, 0.25) is 0 Å². The topological polar surface area (TPSA) is 50.4 Å². The third-order valence-electron chi connectivity index (χ3n) is 5.13. The molecule has 2 aliphatic rings. The molecular weight excluding hydrogens is 480 g/mol. The standard InChI is InChI=1S/C23H27BrN2O2S2/c1-23(2,3)28-22(27)26-17-9-5-4-8-16(17)25-14-11-12-18-20(13-14)29-19-10-6-7-15(24)21(19)30-18/h6-7,10-13,16-17,25H,4-5,8-9H2,1-3H3,(H,26,27)/t16-,17+/m1/s1. The number of carbonyl (C=O) groups is 1. The van der Waals surface area contributed by atoms with Crippen LogP contribution in [0.4, 0.5) is 10.5 Å². The molecule has 0 saturated heterocycles. The summed E-state index contributed by atoms with van der Waals surface area (Å²) < 4.78 is 6.61. The Morgan fingerprint density at radius 2 is 1.80 bits per heavy atom. The van der Waals surface area contributed by atoms with Crippen LogP contribution < -0.4 is 10.6 Å². The van der Waals surface area contributed by atoms with Gasteiger partial charge < -0.3 is 15.4 Å². The van der Waals surface area contributed by atoms with Crippen LogP contribution >= 0.6 is 39.5 Å². The third kappa shape index (κ3) is 5.29. The molecule has 1 saturated carbocycles. The second-order valence-electron chi connectivity index (χ2n) is 8.72. The van der Waals surface area contributed by atoms with E-state index in [2.05, 4.69) is 63.0 Å². The SMILES string of the molecule is CC(C)(C)OC(=O)N[C@H]1CCCC[C@H]1Nc1ccc2c(c1)Sc1cccc(Br)c1S2. The summed E-state index contributed by atoms with van der Waals surface area (Å²) in [4.78, 5) is 17.4. The van der Waals surface area contributed by atoms with Crippen LogP contribution in [-0.4, -0.2) is 23.8 Å². The van der Waals surface area contributed by atoms with E-state index in [-0.39, 0.29) is 18.2 Å². The van der Waals surface area contributed by atoms with Crippen molar-refractivity contribution in [3.05, 3.63) is 40.9 Å². The molecule has 4 nitrogen and oxygen atoms in total. The molecule has 0 aromatic heterocycles. The van der Waals surface area contributed by atoms with Crippen molar-refractivity contribution >= 4 is 51.2 Å². The number of benzene rings is 2. The monoisotopic (exact) mass is 506 g/mol.